The van der Waals surface area contributed by atoms with E-state index in [0.717, 1.165) is 28.5 Å². The first-order valence-electron chi connectivity index (χ1n) is 13.0. The molecule has 1 saturated heterocycles. The lowest BCUT2D eigenvalue weighted by Gasteiger charge is -2.37. The van der Waals surface area contributed by atoms with E-state index in [9.17, 15) is 31.9 Å². The van der Waals surface area contributed by atoms with Gasteiger partial charge in [0.25, 0.3) is 0 Å². The van der Waals surface area contributed by atoms with Crippen LogP contribution in [0.5, 0.6) is 0 Å². The first-order chi connectivity index (χ1) is 19.1. The monoisotopic (exact) mass is 558 g/mol. The van der Waals surface area contributed by atoms with Crippen molar-refractivity contribution >= 4 is 28.5 Å². The number of carbonyl (C=O) groups excluding carboxylic acids is 3. The van der Waals surface area contributed by atoms with Crippen molar-refractivity contribution in [2.45, 2.75) is 37.4 Å². The molecule has 1 aliphatic heterocycles. The minimum Gasteiger partial charge on any atom is -0.354 e. The Labute approximate surface area is 228 Å². The number of hydrogen-bond acceptors (Lipinski definition) is 4. The Kier molecular flexibility index (Phi) is 9.03. The van der Waals surface area contributed by atoms with E-state index in [2.05, 4.69) is 21.3 Å². The van der Waals surface area contributed by atoms with Crippen LogP contribution >= 0.6 is 0 Å². The van der Waals surface area contributed by atoms with Crippen molar-refractivity contribution in [1.82, 2.24) is 21.3 Å². The third-order valence-electron chi connectivity index (χ3n) is 6.97. The van der Waals surface area contributed by atoms with E-state index >= 15 is 0 Å². The molecule has 0 spiro atoms. The van der Waals surface area contributed by atoms with Crippen LogP contribution in [-0.2, 0) is 33.4 Å². The normalized spacial score (nSPS) is 14.9. The number of hydrogen-bond donors (Lipinski definition) is 4. The van der Waals surface area contributed by atoms with Crippen molar-refractivity contribution < 1.29 is 31.9 Å². The SMILES string of the molecule is O=C(Cc1cccc2ccccc12)NCCNC(=O)C1(NC(=O)Cc2cccc(C(F)(F)F)c2F)CCNCC1. The number of carbonyl (C=O) groups is 3. The second-order valence-electron chi connectivity index (χ2n) is 9.75. The van der Waals surface area contributed by atoms with Crippen molar-refractivity contribution in [3.63, 3.8) is 0 Å². The van der Waals surface area contributed by atoms with Gasteiger partial charge in [-0.2, -0.15) is 13.2 Å². The van der Waals surface area contributed by atoms with Crippen molar-refractivity contribution in [1.29, 1.82) is 0 Å². The average molecular weight is 559 g/mol. The molecular formula is C29H30F4N4O3. The lowest BCUT2D eigenvalue weighted by Crippen LogP contribution is -2.63. The fourth-order valence-corrected chi connectivity index (χ4v) is 4.91. The van der Waals surface area contributed by atoms with Crippen LogP contribution in [0.15, 0.2) is 60.7 Å². The maximum Gasteiger partial charge on any atom is 0.419 e. The molecule has 3 aromatic carbocycles. The van der Waals surface area contributed by atoms with Gasteiger partial charge in [0.15, 0.2) is 0 Å². The van der Waals surface area contributed by atoms with Crippen molar-refractivity contribution in [2.24, 2.45) is 0 Å². The number of alkyl halides is 3. The summed E-state index contributed by atoms with van der Waals surface area (Å²) in [6.07, 6.45) is -4.89. The van der Waals surface area contributed by atoms with Crippen molar-refractivity contribution in [3.05, 3.63) is 83.2 Å². The number of amides is 3. The third-order valence-corrected chi connectivity index (χ3v) is 6.97. The molecule has 1 fully saturated rings. The van der Waals surface area contributed by atoms with Gasteiger partial charge in [0.2, 0.25) is 17.7 Å². The summed E-state index contributed by atoms with van der Waals surface area (Å²) in [5, 5.41) is 13.3. The molecule has 4 N–H and O–H groups in total. The first kappa shape index (κ1) is 29.0. The number of rotatable bonds is 9. The zero-order chi connectivity index (χ0) is 28.8. The van der Waals surface area contributed by atoms with Gasteiger partial charge in [-0.05, 0) is 53.9 Å². The standard InChI is InChI=1S/C29H30F4N4O3/c30-26-21(8-4-10-23(26)29(31,32)33)18-25(39)37-28(11-13-34-14-12-28)27(40)36-16-15-35-24(38)17-20-7-3-6-19-5-1-2-9-22(19)20/h1-10,34H,11-18H2,(H,35,38)(H,36,40)(H,37,39). The molecule has 212 valence electrons. The van der Waals surface area contributed by atoms with E-state index in [-0.39, 0.29) is 38.3 Å². The van der Waals surface area contributed by atoms with Gasteiger partial charge in [0, 0.05) is 13.1 Å². The van der Waals surface area contributed by atoms with Crippen molar-refractivity contribution in [2.75, 3.05) is 26.2 Å². The zero-order valence-corrected chi connectivity index (χ0v) is 21.7. The maximum absolute atomic E-state index is 14.4. The minimum absolute atomic E-state index is 0.105. The maximum atomic E-state index is 14.4. The van der Waals surface area contributed by atoms with Crippen LogP contribution in [0.25, 0.3) is 10.8 Å². The quantitative estimate of drug-likeness (QED) is 0.239. The van der Waals surface area contributed by atoms with Gasteiger partial charge in [0.05, 0.1) is 18.4 Å². The molecule has 0 aromatic heterocycles. The smallest absolute Gasteiger partial charge is 0.354 e. The molecule has 0 atom stereocenters. The molecular weight excluding hydrogens is 528 g/mol. The van der Waals surface area contributed by atoms with Crippen LogP contribution in [0.4, 0.5) is 17.6 Å². The Hall–Kier alpha value is -3.99. The number of halogens is 4. The zero-order valence-electron chi connectivity index (χ0n) is 21.7. The summed E-state index contributed by atoms with van der Waals surface area (Å²) in [6.45, 7) is 1.11. The Bertz CT molecular complexity index is 1380. The average Bonchev–Trinajstić information content (AvgIpc) is 2.92. The molecule has 4 rings (SSSR count). The number of nitrogens with one attached hydrogen (secondary N) is 4. The highest BCUT2D eigenvalue weighted by Crippen LogP contribution is 2.32. The molecule has 1 aliphatic rings. The van der Waals surface area contributed by atoms with Gasteiger partial charge in [-0.15, -0.1) is 0 Å². The van der Waals surface area contributed by atoms with E-state index in [1.165, 1.54) is 0 Å². The molecule has 0 unspecified atom stereocenters. The van der Waals surface area contributed by atoms with E-state index < -0.39 is 46.9 Å². The van der Waals surface area contributed by atoms with Crippen LogP contribution in [0.2, 0.25) is 0 Å². The van der Waals surface area contributed by atoms with Gasteiger partial charge in [0.1, 0.15) is 11.4 Å². The lowest BCUT2D eigenvalue weighted by atomic mass is 9.86. The molecule has 0 aliphatic carbocycles. The summed E-state index contributed by atoms with van der Waals surface area (Å²) in [5.74, 6) is -2.96. The topological polar surface area (TPSA) is 99.3 Å². The fraction of sp³-hybridized carbons (Fsp3) is 0.345. The summed E-state index contributed by atoms with van der Waals surface area (Å²) >= 11 is 0. The molecule has 0 radical (unpaired) electrons. The Morgan fingerprint density at radius 3 is 2.17 bits per heavy atom. The van der Waals surface area contributed by atoms with Crippen LogP contribution in [0, 0.1) is 5.82 Å². The third kappa shape index (κ3) is 6.95. The highest BCUT2D eigenvalue weighted by molar-refractivity contribution is 5.92. The molecule has 40 heavy (non-hydrogen) atoms. The van der Waals surface area contributed by atoms with Crippen LogP contribution in [0.3, 0.4) is 0 Å². The summed E-state index contributed by atoms with van der Waals surface area (Å²) in [5.41, 5.74) is -2.29. The molecule has 11 heteroatoms. The predicted octanol–water partition coefficient (Wildman–Crippen LogP) is 3.25. The van der Waals surface area contributed by atoms with Gasteiger partial charge in [-0.1, -0.05) is 54.6 Å². The largest absolute Gasteiger partial charge is 0.419 e. The summed E-state index contributed by atoms with van der Waals surface area (Å²) in [4.78, 5) is 38.4. The van der Waals surface area contributed by atoms with Gasteiger partial charge >= 0.3 is 6.18 Å². The van der Waals surface area contributed by atoms with Gasteiger partial charge in [-0.3, -0.25) is 14.4 Å². The molecule has 3 aromatic rings. The Balaban J connectivity index is 1.32. The number of piperidine rings is 1. The van der Waals surface area contributed by atoms with E-state index in [1.807, 2.05) is 42.5 Å². The van der Waals surface area contributed by atoms with Crippen molar-refractivity contribution in [3.8, 4) is 0 Å². The number of fused-ring (bicyclic) bond motifs is 1. The van der Waals surface area contributed by atoms with E-state index in [4.69, 9.17) is 0 Å². The van der Waals surface area contributed by atoms with E-state index in [0.29, 0.717) is 19.2 Å². The highest BCUT2D eigenvalue weighted by atomic mass is 19.4. The molecule has 7 nitrogen and oxygen atoms in total. The summed E-state index contributed by atoms with van der Waals surface area (Å²) in [7, 11) is 0. The number of benzene rings is 3. The highest BCUT2D eigenvalue weighted by Gasteiger charge is 2.41. The van der Waals surface area contributed by atoms with Gasteiger partial charge < -0.3 is 21.3 Å². The van der Waals surface area contributed by atoms with Crippen LogP contribution in [0.1, 0.15) is 29.5 Å². The predicted molar refractivity (Wildman–Crippen MR) is 142 cm³/mol. The van der Waals surface area contributed by atoms with Crippen LogP contribution < -0.4 is 21.3 Å². The van der Waals surface area contributed by atoms with E-state index in [1.54, 1.807) is 0 Å². The minimum atomic E-state index is -4.89. The molecule has 0 saturated carbocycles. The van der Waals surface area contributed by atoms with Gasteiger partial charge in [-0.25, -0.2) is 4.39 Å². The Morgan fingerprint density at radius 1 is 0.800 bits per heavy atom. The molecule has 3 amide bonds. The molecule has 0 bridgehead atoms. The summed E-state index contributed by atoms with van der Waals surface area (Å²) < 4.78 is 53.6. The first-order valence-corrected chi connectivity index (χ1v) is 13.0. The summed E-state index contributed by atoms with van der Waals surface area (Å²) in [6, 6.07) is 16.3. The van der Waals surface area contributed by atoms with Crippen LogP contribution in [-0.4, -0.2) is 49.4 Å². The molecule has 1 heterocycles. The fourth-order valence-electron chi connectivity index (χ4n) is 4.91. The second kappa shape index (κ2) is 12.5. The Morgan fingerprint density at radius 2 is 1.43 bits per heavy atom. The second-order valence-corrected chi connectivity index (χ2v) is 9.75. The lowest BCUT2D eigenvalue weighted by molar-refractivity contribution is -0.140.